The molecular formula is C19H27N5O2. The van der Waals surface area contributed by atoms with Crippen LogP contribution in [-0.2, 0) is 4.74 Å². The van der Waals surface area contributed by atoms with Gasteiger partial charge < -0.3 is 19.5 Å². The van der Waals surface area contributed by atoms with Crippen molar-refractivity contribution in [2.75, 3.05) is 26.2 Å². The fraction of sp³-hybridized carbons (Fsp3) is 0.526. The van der Waals surface area contributed by atoms with Crippen LogP contribution >= 0.6 is 0 Å². The Kier molecular flexibility index (Phi) is 6.35. The van der Waals surface area contributed by atoms with Gasteiger partial charge >= 0.3 is 0 Å². The minimum absolute atomic E-state index is 0.117. The number of likely N-dealkylation sites (tertiary alicyclic amines) is 1. The number of nitrogens with one attached hydrogen (secondary N) is 1. The number of ether oxygens (including phenoxy) is 1. The number of hydrogen-bond donors (Lipinski definition) is 1. The summed E-state index contributed by atoms with van der Waals surface area (Å²) in [5.41, 5.74) is 1.31. The lowest BCUT2D eigenvalue weighted by Gasteiger charge is -2.32. The number of nitrogens with zero attached hydrogens (tertiary/aromatic N) is 4. The van der Waals surface area contributed by atoms with Crippen molar-refractivity contribution in [2.24, 2.45) is 0 Å². The highest BCUT2D eigenvalue weighted by Crippen LogP contribution is 2.12. The summed E-state index contributed by atoms with van der Waals surface area (Å²) in [6.45, 7) is 7.78. The Morgan fingerprint density at radius 2 is 2.15 bits per heavy atom. The van der Waals surface area contributed by atoms with Crippen LogP contribution in [0.2, 0.25) is 0 Å². The van der Waals surface area contributed by atoms with E-state index in [0.29, 0.717) is 5.69 Å². The molecule has 26 heavy (non-hydrogen) atoms. The first-order valence-electron chi connectivity index (χ1n) is 9.21. The number of piperidine rings is 1. The van der Waals surface area contributed by atoms with E-state index < -0.39 is 0 Å². The number of carbonyl (C=O) groups is 1. The molecule has 0 atom stereocenters. The molecule has 0 radical (unpaired) electrons. The Labute approximate surface area is 154 Å². The predicted molar refractivity (Wildman–Crippen MR) is 99.4 cm³/mol. The van der Waals surface area contributed by atoms with E-state index in [4.69, 9.17) is 4.74 Å². The Hall–Kier alpha value is -2.25. The molecule has 1 saturated heterocycles. The van der Waals surface area contributed by atoms with Gasteiger partial charge in [0.2, 0.25) is 0 Å². The van der Waals surface area contributed by atoms with E-state index >= 15 is 0 Å². The van der Waals surface area contributed by atoms with Crippen molar-refractivity contribution in [3.63, 3.8) is 0 Å². The summed E-state index contributed by atoms with van der Waals surface area (Å²) < 4.78 is 7.47. The van der Waals surface area contributed by atoms with Gasteiger partial charge in [-0.25, -0.2) is 4.98 Å². The van der Waals surface area contributed by atoms with Crippen LogP contribution in [0, 0.1) is 0 Å². The number of amides is 1. The van der Waals surface area contributed by atoms with Gasteiger partial charge in [0, 0.05) is 44.3 Å². The second kappa shape index (κ2) is 8.91. The van der Waals surface area contributed by atoms with E-state index in [9.17, 15) is 4.79 Å². The number of aromatic nitrogens is 3. The highest BCUT2D eigenvalue weighted by molar-refractivity contribution is 5.92. The molecule has 2 aromatic heterocycles. The lowest BCUT2D eigenvalue weighted by atomic mass is 10.0. The molecule has 7 heteroatoms. The van der Waals surface area contributed by atoms with Gasteiger partial charge in [0.15, 0.2) is 0 Å². The second-order valence-electron chi connectivity index (χ2n) is 6.88. The molecule has 0 aromatic carbocycles. The third-order valence-electron chi connectivity index (χ3n) is 4.56. The van der Waals surface area contributed by atoms with Gasteiger partial charge in [-0.2, -0.15) is 0 Å². The standard InChI is InChI=1S/C19H27N5O2/c1-15(2)26-12-11-23-8-4-16(5-9-23)22-19(25)18-13-17(3-6-21-18)24-10-7-20-14-24/h3,6-7,10,13-16H,4-5,8-9,11-12H2,1-2H3,(H,22,25). The predicted octanol–water partition coefficient (Wildman–Crippen LogP) is 1.89. The van der Waals surface area contributed by atoms with Crippen molar-refractivity contribution >= 4 is 5.91 Å². The molecule has 0 saturated carbocycles. The normalized spacial score (nSPS) is 16.1. The Bertz CT molecular complexity index is 694. The highest BCUT2D eigenvalue weighted by atomic mass is 16.5. The Balaban J connectivity index is 1.48. The first-order chi connectivity index (χ1) is 12.6. The van der Waals surface area contributed by atoms with Crippen molar-refractivity contribution in [3.05, 3.63) is 42.7 Å². The van der Waals surface area contributed by atoms with Gasteiger partial charge in [-0.15, -0.1) is 0 Å². The summed E-state index contributed by atoms with van der Waals surface area (Å²) in [6, 6.07) is 3.84. The van der Waals surface area contributed by atoms with Crippen LogP contribution < -0.4 is 5.32 Å². The summed E-state index contributed by atoms with van der Waals surface area (Å²) in [5.74, 6) is -0.117. The van der Waals surface area contributed by atoms with E-state index in [2.05, 4.69) is 34.0 Å². The van der Waals surface area contributed by atoms with Crippen LogP contribution in [0.25, 0.3) is 5.69 Å². The van der Waals surface area contributed by atoms with Crippen molar-refractivity contribution in [1.82, 2.24) is 24.8 Å². The van der Waals surface area contributed by atoms with Crippen LogP contribution in [0.15, 0.2) is 37.1 Å². The number of pyridine rings is 1. The summed E-state index contributed by atoms with van der Waals surface area (Å²) in [4.78, 5) is 23.2. The monoisotopic (exact) mass is 357 g/mol. The highest BCUT2D eigenvalue weighted by Gasteiger charge is 2.21. The van der Waals surface area contributed by atoms with Gasteiger partial charge in [-0.1, -0.05) is 0 Å². The van der Waals surface area contributed by atoms with Crippen LogP contribution in [0.5, 0.6) is 0 Å². The maximum atomic E-state index is 12.5. The van der Waals surface area contributed by atoms with Crippen molar-refractivity contribution in [2.45, 2.75) is 38.8 Å². The zero-order valence-electron chi connectivity index (χ0n) is 15.5. The van der Waals surface area contributed by atoms with Crippen molar-refractivity contribution in [1.29, 1.82) is 0 Å². The molecule has 0 spiro atoms. The second-order valence-corrected chi connectivity index (χ2v) is 6.88. The quantitative estimate of drug-likeness (QED) is 0.819. The molecule has 7 nitrogen and oxygen atoms in total. The largest absolute Gasteiger partial charge is 0.377 e. The molecule has 1 amide bonds. The van der Waals surface area contributed by atoms with Gasteiger partial charge in [0.05, 0.1) is 24.7 Å². The maximum Gasteiger partial charge on any atom is 0.270 e. The van der Waals surface area contributed by atoms with E-state index in [0.717, 1.165) is 44.8 Å². The fourth-order valence-electron chi connectivity index (χ4n) is 3.09. The Morgan fingerprint density at radius 3 is 2.85 bits per heavy atom. The third-order valence-corrected chi connectivity index (χ3v) is 4.56. The summed E-state index contributed by atoms with van der Waals surface area (Å²) in [5, 5.41) is 3.12. The zero-order chi connectivity index (χ0) is 18.4. The molecule has 1 aliphatic heterocycles. The smallest absolute Gasteiger partial charge is 0.270 e. The molecule has 0 bridgehead atoms. The summed E-state index contributed by atoms with van der Waals surface area (Å²) in [6.07, 6.45) is 9.09. The average molecular weight is 357 g/mol. The molecule has 0 aliphatic carbocycles. The van der Waals surface area contributed by atoms with E-state index in [1.165, 1.54) is 0 Å². The number of rotatable bonds is 7. The lowest BCUT2D eigenvalue weighted by molar-refractivity contribution is 0.0520. The number of carbonyl (C=O) groups excluding carboxylic acids is 1. The third kappa shape index (κ3) is 5.12. The van der Waals surface area contributed by atoms with Crippen LogP contribution in [-0.4, -0.2) is 63.7 Å². The van der Waals surface area contributed by atoms with Gasteiger partial charge in [0.1, 0.15) is 5.69 Å². The lowest BCUT2D eigenvalue weighted by Crippen LogP contribution is -2.45. The fourth-order valence-corrected chi connectivity index (χ4v) is 3.09. The first kappa shape index (κ1) is 18.5. The topological polar surface area (TPSA) is 72.3 Å². The molecule has 140 valence electrons. The van der Waals surface area contributed by atoms with Crippen LogP contribution in [0.1, 0.15) is 37.2 Å². The summed E-state index contributed by atoms with van der Waals surface area (Å²) in [7, 11) is 0. The van der Waals surface area contributed by atoms with Crippen molar-refractivity contribution in [3.8, 4) is 5.69 Å². The minimum Gasteiger partial charge on any atom is -0.377 e. The molecule has 2 aromatic rings. The molecule has 1 aliphatic rings. The average Bonchev–Trinajstić information content (AvgIpc) is 3.18. The Morgan fingerprint density at radius 1 is 1.35 bits per heavy atom. The van der Waals surface area contributed by atoms with Gasteiger partial charge in [-0.3, -0.25) is 9.78 Å². The SMILES string of the molecule is CC(C)OCCN1CCC(NC(=O)c2cc(-n3ccnc3)ccn2)CC1. The molecule has 1 fully saturated rings. The molecular weight excluding hydrogens is 330 g/mol. The van der Waals surface area contributed by atoms with Gasteiger partial charge in [0.25, 0.3) is 5.91 Å². The molecule has 1 N–H and O–H groups in total. The van der Waals surface area contributed by atoms with Crippen LogP contribution in [0.3, 0.4) is 0 Å². The van der Waals surface area contributed by atoms with E-state index in [1.807, 2.05) is 16.8 Å². The van der Waals surface area contributed by atoms with Crippen LogP contribution in [0.4, 0.5) is 0 Å². The van der Waals surface area contributed by atoms with Crippen molar-refractivity contribution < 1.29 is 9.53 Å². The van der Waals surface area contributed by atoms with Gasteiger partial charge in [-0.05, 0) is 38.8 Å². The number of imidazole rings is 1. The molecule has 0 unspecified atom stereocenters. The van der Waals surface area contributed by atoms with E-state index in [-0.39, 0.29) is 18.1 Å². The maximum absolute atomic E-state index is 12.5. The zero-order valence-corrected chi connectivity index (χ0v) is 15.5. The molecule has 3 heterocycles. The first-order valence-corrected chi connectivity index (χ1v) is 9.21. The summed E-state index contributed by atoms with van der Waals surface area (Å²) >= 11 is 0. The van der Waals surface area contributed by atoms with E-state index in [1.54, 1.807) is 24.8 Å². The minimum atomic E-state index is -0.117. The number of hydrogen-bond acceptors (Lipinski definition) is 5. The molecule has 3 rings (SSSR count).